The lowest BCUT2D eigenvalue weighted by Gasteiger charge is -2.38. The number of carbonyl (C=O) groups excluding carboxylic acids is 2. The quantitative estimate of drug-likeness (QED) is 0.456. The molecule has 3 amide bonds. The van der Waals surface area contributed by atoms with Gasteiger partial charge in [0.1, 0.15) is 0 Å². The van der Waals surface area contributed by atoms with Crippen molar-refractivity contribution in [3.05, 3.63) is 71.4 Å². The van der Waals surface area contributed by atoms with E-state index in [1.807, 2.05) is 41.4 Å². The van der Waals surface area contributed by atoms with E-state index >= 15 is 0 Å². The summed E-state index contributed by atoms with van der Waals surface area (Å²) >= 11 is 6.04. The number of nitrogens with zero attached hydrogens (tertiary/aromatic N) is 7. The number of imide groups is 1. The van der Waals surface area contributed by atoms with Crippen molar-refractivity contribution in [3.8, 4) is 0 Å². The summed E-state index contributed by atoms with van der Waals surface area (Å²) in [6, 6.07) is 17.5. The molecule has 0 saturated carbocycles. The van der Waals surface area contributed by atoms with E-state index < -0.39 is 12.2 Å². The van der Waals surface area contributed by atoms with Crippen molar-refractivity contribution < 1.29 is 9.59 Å². The van der Waals surface area contributed by atoms with Crippen LogP contribution in [0.4, 0.5) is 10.5 Å². The molecular weight excluding hydrogens is 526 g/mol. The number of hydrogen-bond donors (Lipinski definition) is 0. The topological polar surface area (TPSA) is 65.9 Å². The minimum atomic E-state index is -0.530. The van der Waals surface area contributed by atoms with Gasteiger partial charge in [0.15, 0.2) is 12.2 Å². The standard InChI is InChI=1S/C30H36ClN7O2/c1-33-27-26(28(39)34(2)30(33)40)38-21-25(22-9-5-3-6-10-22)37(29(38)32-27)16-8-4-7-15-35-17-19-36(20-18-35)24-13-11-23(31)12-14-24/h3,5-6,9-14,21,26-27H,4,7-8,15-20H2,1-2H3. The van der Waals surface area contributed by atoms with Gasteiger partial charge in [-0.3, -0.25) is 14.6 Å². The number of fused-ring (bicyclic) bond motifs is 3. The Kier molecular flexibility index (Phi) is 7.42. The Hall–Kier alpha value is -3.56. The number of anilines is 1. The number of benzene rings is 2. The molecule has 4 aliphatic rings. The number of piperazine rings is 1. The molecule has 6 rings (SSSR count). The minimum absolute atomic E-state index is 0.214. The van der Waals surface area contributed by atoms with Gasteiger partial charge in [0.05, 0.1) is 5.70 Å². The van der Waals surface area contributed by atoms with Gasteiger partial charge in [0.2, 0.25) is 5.96 Å². The normalized spacial score (nSPS) is 23.0. The Morgan fingerprint density at radius 3 is 2.30 bits per heavy atom. The molecule has 4 aliphatic heterocycles. The first-order valence-electron chi connectivity index (χ1n) is 14.1. The number of carbonyl (C=O) groups is 2. The van der Waals surface area contributed by atoms with Crippen molar-refractivity contribution in [2.75, 3.05) is 58.3 Å². The van der Waals surface area contributed by atoms with Crippen LogP contribution in [0, 0.1) is 0 Å². The molecule has 2 unspecified atom stereocenters. The molecule has 0 bridgehead atoms. The first-order chi connectivity index (χ1) is 19.4. The number of hydrogen-bond acceptors (Lipinski definition) is 7. The van der Waals surface area contributed by atoms with Crippen LogP contribution in [0.3, 0.4) is 0 Å². The number of guanidine groups is 1. The van der Waals surface area contributed by atoms with Crippen LogP contribution in [-0.2, 0) is 4.79 Å². The van der Waals surface area contributed by atoms with E-state index in [-0.39, 0.29) is 11.9 Å². The molecule has 10 heteroatoms. The van der Waals surface area contributed by atoms with Gasteiger partial charge in [-0.1, -0.05) is 48.4 Å². The first-order valence-corrected chi connectivity index (χ1v) is 14.5. The summed E-state index contributed by atoms with van der Waals surface area (Å²) < 4.78 is 0. The predicted octanol–water partition coefficient (Wildman–Crippen LogP) is 3.84. The molecule has 0 aliphatic carbocycles. The van der Waals surface area contributed by atoms with E-state index in [2.05, 4.69) is 39.0 Å². The number of rotatable bonds is 8. The average Bonchev–Trinajstić information content (AvgIpc) is 3.53. The van der Waals surface area contributed by atoms with E-state index in [0.29, 0.717) is 0 Å². The van der Waals surface area contributed by atoms with Crippen molar-refractivity contribution in [1.29, 1.82) is 0 Å². The summed E-state index contributed by atoms with van der Waals surface area (Å²) in [5.74, 6) is 0.545. The van der Waals surface area contributed by atoms with E-state index in [9.17, 15) is 9.59 Å². The molecule has 0 aromatic heterocycles. The molecule has 2 aromatic carbocycles. The molecule has 2 atom stereocenters. The summed E-state index contributed by atoms with van der Waals surface area (Å²) in [6.45, 7) is 6.10. The fourth-order valence-corrected chi connectivity index (χ4v) is 6.22. The zero-order chi connectivity index (χ0) is 27.8. The zero-order valence-corrected chi connectivity index (χ0v) is 23.9. The fourth-order valence-electron chi connectivity index (χ4n) is 6.09. The van der Waals surface area contributed by atoms with Gasteiger partial charge in [-0.15, -0.1) is 0 Å². The van der Waals surface area contributed by atoms with E-state index in [1.165, 1.54) is 10.6 Å². The SMILES string of the molecule is CN1C(=O)C2C(N=C3N(CCCCCN4CCN(c5ccc(Cl)cc5)CC4)C(c4ccccc4)=CN32)N(C)C1=O. The van der Waals surface area contributed by atoms with Gasteiger partial charge >= 0.3 is 6.03 Å². The number of urea groups is 1. The lowest BCUT2D eigenvalue weighted by atomic mass is 10.1. The maximum Gasteiger partial charge on any atom is 0.328 e. The second-order valence-corrected chi connectivity index (χ2v) is 11.3. The molecule has 2 saturated heterocycles. The summed E-state index contributed by atoms with van der Waals surface area (Å²) in [5.41, 5.74) is 3.38. The van der Waals surface area contributed by atoms with Crippen LogP contribution in [0.15, 0.2) is 65.8 Å². The summed E-state index contributed by atoms with van der Waals surface area (Å²) in [6.07, 6.45) is 4.79. The van der Waals surface area contributed by atoms with Gasteiger partial charge in [0.25, 0.3) is 5.91 Å². The van der Waals surface area contributed by atoms with Crippen molar-refractivity contribution >= 4 is 40.9 Å². The molecule has 40 heavy (non-hydrogen) atoms. The molecule has 9 nitrogen and oxygen atoms in total. The molecule has 0 spiro atoms. The monoisotopic (exact) mass is 561 g/mol. The molecule has 0 radical (unpaired) electrons. The maximum absolute atomic E-state index is 13.1. The Bertz CT molecular complexity index is 1310. The molecular formula is C30H36ClN7O2. The summed E-state index contributed by atoms with van der Waals surface area (Å²) in [4.78, 5) is 42.5. The second kappa shape index (κ2) is 11.1. The first kappa shape index (κ1) is 26.7. The molecule has 2 fully saturated rings. The van der Waals surface area contributed by atoms with Gasteiger partial charge in [-0.2, -0.15) is 0 Å². The largest absolute Gasteiger partial charge is 0.369 e. The Morgan fingerprint density at radius 2 is 1.57 bits per heavy atom. The highest BCUT2D eigenvalue weighted by Gasteiger charge is 2.53. The number of amides is 3. The molecule has 4 heterocycles. The highest BCUT2D eigenvalue weighted by molar-refractivity contribution is 6.30. The van der Waals surface area contributed by atoms with Crippen molar-refractivity contribution in [1.82, 2.24) is 24.5 Å². The van der Waals surface area contributed by atoms with Gasteiger partial charge in [0, 0.05) is 63.7 Å². The van der Waals surface area contributed by atoms with Gasteiger partial charge in [-0.25, -0.2) is 9.79 Å². The summed E-state index contributed by atoms with van der Waals surface area (Å²) in [5, 5.41) is 0.775. The maximum atomic E-state index is 13.1. The zero-order valence-electron chi connectivity index (χ0n) is 23.1. The van der Waals surface area contributed by atoms with Crippen LogP contribution < -0.4 is 4.90 Å². The van der Waals surface area contributed by atoms with Crippen LogP contribution in [-0.4, -0.2) is 108 Å². The Morgan fingerprint density at radius 1 is 0.875 bits per heavy atom. The minimum Gasteiger partial charge on any atom is -0.369 e. The highest BCUT2D eigenvalue weighted by Crippen LogP contribution is 2.37. The van der Waals surface area contributed by atoms with Crippen LogP contribution >= 0.6 is 11.6 Å². The van der Waals surface area contributed by atoms with E-state index in [4.69, 9.17) is 16.6 Å². The smallest absolute Gasteiger partial charge is 0.328 e. The molecule has 2 aromatic rings. The second-order valence-electron chi connectivity index (χ2n) is 10.9. The van der Waals surface area contributed by atoms with Crippen LogP contribution in [0.1, 0.15) is 24.8 Å². The van der Waals surface area contributed by atoms with Gasteiger partial charge in [-0.05, 0) is 49.2 Å². The van der Waals surface area contributed by atoms with E-state index in [1.54, 1.807) is 19.0 Å². The Balaban J connectivity index is 1.05. The fraction of sp³-hybridized carbons (Fsp3) is 0.433. The van der Waals surface area contributed by atoms with Crippen LogP contribution in [0.5, 0.6) is 0 Å². The van der Waals surface area contributed by atoms with Crippen molar-refractivity contribution in [2.45, 2.75) is 31.5 Å². The van der Waals surface area contributed by atoms with Crippen LogP contribution in [0.25, 0.3) is 5.70 Å². The highest BCUT2D eigenvalue weighted by atomic mass is 35.5. The number of likely N-dealkylation sites (N-methyl/N-ethyl adjacent to an activating group) is 2. The third-order valence-electron chi connectivity index (χ3n) is 8.41. The molecule has 0 N–H and O–H groups in total. The number of halogens is 1. The summed E-state index contributed by atoms with van der Waals surface area (Å²) in [7, 11) is 3.26. The van der Waals surface area contributed by atoms with E-state index in [0.717, 1.165) is 80.8 Å². The lowest BCUT2D eigenvalue weighted by molar-refractivity contribution is -0.135. The number of aliphatic imine (C=N–C) groups is 1. The lowest BCUT2D eigenvalue weighted by Crippen LogP contribution is -2.63. The van der Waals surface area contributed by atoms with Crippen LogP contribution in [0.2, 0.25) is 5.02 Å². The Labute approximate surface area is 240 Å². The van der Waals surface area contributed by atoms with Gasteiger partial charge < -0.3 is 19.6 Å². The average molecular weight is 562 g/mol. The predicted molar refractivity (Wildman–Crippen MR) is 158 cm³/mol. The van der Waals surface area contributed by atoms with Crippen molar-refractivity contribution in [3.63, 3.8) is 0 Å². The van der Waals surface area contributed by atoms with Crippen molar-refractivity contribution in [2.24, 2.45) is 4.99 Å². The number of unbranched alkanes of at least 4 members (excludes halogenated alkanes) is 2. The third-order valence-corrected chi connectivity index (χ3v) is 8.67. The third kappa shape index (κ3) is 4.92. The molecule has 210 valence electrons.